The highest BCUT2D eigenvalue weighted by molar-refractivity contribution is 4.94. The van der Waals surface area contributed by atoms with Crippen LogP contribution in [-0.4, -0.2) is 12.7 Å². The highest BCUT2D eigenvalue weighted by Gasteiger charge is 2.19. The number of hydrogen-bond acceptors (Lipinski definition) is 1. The molecule has 0 aliphatic carbocycles. The monoisotopic (exact) mass is 236 g/mol. The van der Waals surface area contributed by atoms with Gasteiger partial charge in [0.2, 0.25) is 0 Å². The van der Waals surface area contributed by atoms with Crippen molar-refractivity contribution >= 4 is 0 Å². The van der Waals surface area contributed by atoms with Crippen LogP contribution in [0.5, 0.6) is 0 Å². The van der Waals surface area contributed by atoms with Crippen molar-refractivity contribution in [3.05, 3.63) is 24.3 Å². The third-order valence-electron chi connectivity index (χ3n) is 3.13. The molecule has 0 saturated carbocycles. The average Bonchev–Trinajstić information content (AvgIpc) is 3.15. The average molecular weight is 236 g/mol. The zero-order valence-electron chi connectivity index (χ0n) is 11.4. The van der Waals surface area contributed by atoms with Crippen molar-refractivity contribution in [3.8, 4) is 0 Å². The molecule has 1 aliphatic heterocycles. The number of unbranched alkanes of at least 4 members (excludes halogenated alkanes) is 6. The summed E-state index contributed by atoms with van der Waals surface area (Å²) >= 11 is 0. The molecule has 1 heteroatoms. The van der Waals surface area contributed by atoms with E-state index in [1.807, 2.05) is 0 Å². The number of epoxide rings is 1. The number of ether oxygens (including phenoxy) is 1. The van der Waals surface area contributed by atoms with Crippen LogP contribution in [0.2, 0.25) is 0 Å². The summed E-state index contributed by atoms with van der Waals surface area (Å²) in [6.45, 7) is 3.24. The molecule has 0 amide bonds. The third-order valence-corrected chi connectivity index (χ3v) is 3.13. The van der Waals surface area contributed by atoms with E-state index in [1.54, 1.807) is 0 Å². The number of rotatable bonds is 11. The highest BCUT2D eigenvalue weighted by atomic mass is 16.6. The standard InChI is InChI=1S/C16H28O/c1-2-3-4-5-6-7-8-9-10-11-12-13-14-16-15-17-16/h9-10,12-13,16H,2-8,11,14-15H2,1H3. The van der Waals surface area contributed by atoms with Gasteiger partial charge in [0.25, 0.3) is 0 Å². The van der Waals surface area contributed by atoms with Crippen LogP contribution in [0.25, 0.3) is 0 Å². The first-order chi connectivity index (χ1) is 8.43. The Kier molecular flexibility index (Phi) is 9.03. The summed E-state index contributed by atoms with van der Waals surface area (Å²) in [6, 6.07) is 0. The van der Waals surface area contributed by atoms with E-state index in [9.17, 15) is 0 Å². The van der Waals surface area contributed by atoms with E-state index in [-0.39, 0.29) is 0 Å². The SMILES string of the molecule is CCCCCCCCC=CCC=CCC1CO1. The summed E-state index contributed by atoms with van der Waals surface area (Å²) < 4.78 is 5.14. The van der Waals surface area contributed by atoms with Gasteiger partial charge in [-0.2, -0.15) is 0 Å². The van der Waals surface area contributed by atoms with Gasteiger partial charge < -0.3 is 4.74 Å². The molecule has 1 aliphatic rings. The topological polar surface area (TPSA) is 12.5 Å². The Labute approximate surface area is 107 Å². The van der Waals surface area contributed by atoms with Crippen LogP contribution >= 0.6 is 0 Å². The summed E-state index contributed by atoms with van der Waals surface area (Å²) in [5.74, 6) is 0. The Bertz CT molecular complexity index is 214. The number of hydrogen-bond donors (Lipinski definition) is 0. The summed E-state index contributed by atoms with van der Waals surface area (Å²) in [5, 5.41) is 0. The summed E-state index contributed by atoms with van der Waals surface area (Å²) in [7, 11) is 0. The van der Waals surface area contributed by atoms with Crippen LogP contribution in [0.3, 0.4) is 0 Å². The summed E-state index contributed by atoms with van der Waals surface area (Å²) in [5.41, 5.74) is 0. The van der Waals surface area contributed by atoms with Gasteiger partial charge >= 0.3 is 0 Å². The summed E-state index contributed by atoms with van der Waals surface area (Å²) in [4.78, 5) is 0. The molecule has 17 heavy (non-hydrogen) atoms. The van der Waals surface area contributed by atoms with Crippen LogP contribution in [0.15, 0.2) is 24.3 Å². The molecule has 0 aromatic heterocycles. The quantitative estimate of drug-likeness (QED) is 0.278. The fraction of sp³-hybridized carbons (Fsp3) is 0.750. The van der Waals surface area contributed by atoms with Gasteiger partial charge in [-0.3, -0.25) is 0 Å². The Morgan fingerprint density at radius 1 is 0.941 bits per heavy atom. The molecule has 1 unspecified atom stereocenters. The smallest absolute Gasteiger partial charge is 0.0844 e. The van der Waals surface area contributed by atoms with E-state index in [4.69, 9.17) is 4.74 Å². The molecule has 1 nitrogen and oxygen atoms in total. The van der Waals surface area contributed by atoms with Crippen LogP contribution in [0.1, 0.15) is 64.7 Å². The zero-order chi connectivity index (χ0) is 12.2. The Balaban J connectivity index is 1.76. The van der Waals surface area contributed by atoms with Crippen molar-refractivity contribution in [3.63, 3.8) is 0 Å². The molecule has 0 bridgehead atoms. The first-order valence-electron chi connectivity index (χ1n) is 7.35. The van der Waals surface area contributed by atoms with Gasteiger partial charge in [0.1, 0.15) is 0 Å². The first-order valence-corrected chi connectivity index (χ1v) is 7.35. The molecule has 0 radical (unpaired) electrons. The fourth-order valence-electron chi connectivity index (χ4n) is 1.88. The molecular formula is C16H28O. The molecule has 1 saturated heterocycles. The minimum atomic E-state index is 0.540. The molecule has 1 atom stereocenters. The van der Waals surface area contributed by atoms with Crippen molar-refractivity contribution in [1.82, 2.24) is 0 Å². The van der Waals surface area contributed by atoms with E-state index < -0.39 is 0 Å². The molecule has 0 aromatic carbocycles. The molecular weight excluding hydrogens is 208 g/mol. The Hall–Kier alpha value is -0.560. The van der Waals surface area contributed by atoms with Crippen molar-refractivity contribution in [1.29, 1.82) is 0 Å². The van der Waals surface area contributed by atoms with Gasteiger partial charge in [-0.05, 0) is 25.7 Å². The lowest BCUT2D eigenvalue weighted by atomic mass is 10.1. The first kappa shape index (κ1) is 14.5. The van der Waals surface area contributed by atoms with Gasteiger partial charge in [0.05, 0.1) is 12.7 Å². The fourth-order valence-corrected chi connectivity index (χ4v) is 1.88. The van der Waals surface area contributed by atoms with Gasteiger partial charge in [-0.1, -0.05) is 63.3 Å². The predicted octanol–water partition coefficient (Wildman–Crippen LogP) is 5.03. The lowest BCUT2D eigenvalue weighted by Gasteiger charge is -1.97. The van der Waals surface area contributed by atoms with Gasteiger partial charge in [-0.15, -0.1) is 0 Å². The normalized spacial score (nSPS) is 19.5. The van der Waals surface area contributed by atoms with E-state index >= 15 is 0 Å². The van der Waals surface area contributed by atoms with Crippen LogP contribution in [0, 0.1) is 0 Å². The molecule has 1 fully saturated rings. The largest absolute Gasteiger partial charge is 0.373 e. The molecule has 0 N–H and O–H groups in total. The zero-order valence-corrected chi connectivity index (χ0v) is 11.4. The minimum absolute atomic E-state index is 0.540. The maximum Gasteiger partial charge on any atom is 0.0844 e. The Morgan fingerprint density at radius 3 is 2.41 bits per heavy atom. The molecule has 1 heterocycles. The molecule has 1 rings (SSSR count). The lowest BCUT2D eigenvalue weighted by molar-refractivity contribution is 0.410. The maximum atomic E-state index is 5.14. The van der Waals surface area contributed by atoms with E-state index in [0.717, 1.165) is 19.4 Å². The second-order valence-corrected chi connectivity index (χ2v) is 4.93. The van der Waals surface area contributed by atoms with Gasteiger partial charge in [0, 0.05) is 0 Å². The maximum absolute atomic E-state index is 5.14. The second-order valence-electron chi connectivity index (χ2n) is 4.93. The van der Waals surface area contributed by atoms with Gasteiger partial charge in [0.15, 0.2) is 0 Å². The van der Waals surface area contributed by atoms with Crippen molar-refractivity contribution < 1.29 is 4.74 Å². The Morgan fingerprint density at radius 2 is 1.65 bits per heavy atom. The van der Waals surface area contributed by atoms with Crippen LogP contribution in [-0.2, 0) is 4.74 Å². The molecule has 0 aromatic rings. The summed E-state index contributed by atoms with van der Waals surface area (Å²) in [6.07, 6.45) is 21.5. The van der Waals surface area contributed by atoms with Crippen molar-refractivity contribution in [2.75, 3.05) is 6.61 Å². The number of allylic oxidation sites excluding steroid dienone is 3. The predicted molar refractivity (Wildman–Crippen MR) is 75.2 cm³/mol. The van der Waals surface area contributed by atoms with Crippen LogP contribution in [0.4, 0.5) is 0 Å². The van der Waals surface area contributed by atoms with Gasteiger partial charge in [-0.25, -0.2) is 0 Å². The van der Waals surface area contributed by atoms with E-state index in [1.165, 1.54) is 44.9 Å². The molecule has 0 spiro atoms. The lowest BCUT2D eigenvalue weighted by Crippen LogP contribution is -1.78. The highest BCUT2D eigenvalue weighted by Crippen LogP contribution is 2.13. The second kappa shape index (κ2) is 10.6. The van der Waals surface area contributed by atoms with E-state index in [0.29, 0.717) is 6.10 Å². The van der Waals surface area contributed by atoms with Crippen molar-refractivity contribution in [2.45, 2.75) is 70.8 Å². The third kappa shape index (κ3) is 10.3. The van der Waals surface area contributed by atoms with E-state index in [2.05, 4.69) is 31.2 Å². The van der Waals surface area contributed by atoms with Crippen molar-refractivity contribution in [2.24, 2.45) is 0 Å². The minimum Gasteiger partial charge on any atom is -0.373 e. The molecule has 98 valence electrons. The van der Waals surface area contributed by atoms with Crippen LogP contribution < -0.4 is 0 Å².